The molecule has 0 bridgehead atoms. The number of hydrogen-bond acceptors (Lipinski definition) is 3. The first kappa shape index (κ1) is 17.1. The van der Waals surface area contributed by atoms with Gasteiger partial charge in [-0.3, -0.25) is 0 Å². The van der Waals surface area contributed by atoms with Crippen LogP contribution >= 0.6 is 0 Å². The number of nitrogens with zero attached hydrogens (tertiary/aromatic N) is 1. The van der Waals surface area contributed by atoms with Crippen molar-refractivity contribution in [3.05, 3.63) is 35.6 Å². The molecule has 0 unspecified atom stereocenters. The predicted molar refractivity (Wildman–Crippen MR) is 83.5 cm³/mol. The zero-order valence-electron chi connectivity index (χ0n) is 13.3. The first-order chi connectivity index (χ1) is 11.0. The van der Waals surface area contributed by atoms with Gasteiger partial charge in [-0.05, 0) is 37.5 Å². The highest BCUT2D eigenvalue weighted by Crippen LogP contribution is 2.14. The second-order valence-electron chi connectivity index (χ2n) is 5.65. The van der Waals surface area contributed by atoms with Crippen LogP contribution in [0.2, 0.25) is 0 Å². The average Bonchev–Trinajstić information content (AvgIpc) is 2.54. The second kappa shape index (κ2) is 7.80. The minimum absolute atomic E-state index is 0.108. The Hall–Kier alpha value is -2.31. The van der Waals surface area contributed by atoms with Crippen molar-refractivity contribution in [1.82, 2.24) is 15.5 Å². The Morgan fingerprint density at radius 3 is 2.70 bits per heavy atom. The molecule has 1 heterocycles. The fourth-order valence-electron chi connectivity index (χ4n) is 2.65. The van der Waals surface area contributed by atoms with Crippen molar-refractivity contribution in [1.29, 1.82) is 0 Å². The van der Waals surface area contributed by atoms with Gasteiger partial charge in [0.15, 0.2) is 0 Å². The fourth-order valence-corrected chi connectivity index (χ4v) is 2.65. The van der Waals surface area contributed by atoms with E-state index in [1.54, 1.807) is 17.0 Å². The lowest BCUT2D eigenvalue weighted by Crippen LogP contribution is -2.52. The summed E-state index contributed by atoms with van der Waals surface area (Å²) in [5.74, 6) is -0.310. The monoisotopic (exact) mass is 323 g/mol. The van der Waals surface area contributed by atoms with Crippen LogP contribution in [0.3, 0.4) is 0 Å². The Morgan fingerprint density at radius 1 is 1.35 bits per heavy atom. The summed E-state index contributed by atoms with van der Waals surface area (Å²) in [6.07, 6.45) is 1.25. The standard InChI is InChI=1S/C16H22FN3O3/c1-11(12-5-7-13(17)8-6-12)18-15(21)19-14-4-3-9-20(10-14)16(22)23-2/h5-8,11,14H,3-4,9-10H2,1-2H3,(H2,18,19,21)/t11-,14-/m0/s1. The van der Waals surface area contributed by atoms with Gasteiger partial charge in [-0.15, -0.1) is 0 Å². The van der Waals surface area contributed by atoms with E-state index in [-0.39, 0.29) is 30.0 Å². The van der Waals surface area contributed by atoms with Crippen molar-refractivity contribution >= 4 is 12.1 Å². The van der Waals surface area contributed by atoms with Crippen LogP contribution in [-0.2, 0) is 4.74 Å². The molecular formula is C16H22FN3O3. The third-order valence-corrected chi connectivity index (χ3v) is 3.91. The number of methoxy groups -OCH3 is 1. The molecule has 0 saturated carbocycles. The molecule has 1 aliphatic rings. The number of urea groups is 1. The molecule has 1 aliphatic heterocycles. The smallest absolute Gasteiger partial charge is 0.409 e. The number of carbonyl (C=O) groups is 2. The predicted octanol–water partition coefficient (Wildman–Crippen LogP) is 2.42. The van der Waals surface area contributed by atoms with Gasteiger partial charge in [0.25, 0.3) is 0 Å². The van der Waals surface area contributed by atoms with Crippen LogP contribution in [0, 0.1) is 5.82 Å². The van der Waals surface area contributed by atoms with Crippen LogP contribution in [0.15, 0.2) is 24.3 Å². The van der Waals surface area contributed by atoms with Gasteiger partial charge in [-0.1, -0.05) is 12.1 Å². The van der Waals surface area contributed by atoms with E-state index in [0.29, 0.717) is 13.1 Å². The normalized spacial score (nSPS) is 18.9. The summed E-state index contributed by atoms with van der Waals surface area (Å²) >= 11 is 0. The van der Waals surface area contributed by atoms with E-state index in [1.165, 1.54) is 19.2 Å². The van der Waals surface area contributed by atoms with E-state index in [1.807, 2.05) is 6.92 Å². The van der Waals surface area contributed by atoms with E-state index in [9.17, 15) is 14.0 Å². The van der Waals surface area contributed by atoms with Crippen molar-refractivity contribution in [2.45, 2.75) is 31.8 Å². The maximum atomic E-state index is 12.9. The lowest BCUT2D eigenvalue weighted by Gasteiger charge is -2.32. The summed E-state index contributed by atoms with van der Waals surface area (Å²) in [5.41, 5.74) is 0.821. The zero-order chi connectivity index (χ0) is 16.8. The van der Waals surface area contributed by atoms with Gasteiger partial charge < -0.3 is 20.3 Å². The molecule has 7 heteroatoms. The zero-order valence-corrected chi connectivity index (χ0v) is 13.3. The van der Waals surface area contributed by atoms with Gasteiger partial charge in [0.05, 0.1) is 13.2 Å². The molecule has 1 fully saturated rings. The minimum Gasteiger partial charge on any atom is -0.453 e. The van der Waals surface area contributed by atoms with Crippen molar-refractivity contribution < 1.29 is 18.7 Å². The van der Waals surface area contributed by atoms with Crippen molar-refractivity contribution in [3.63, 3.8) is 0 Å². The molecule has 1 saturated heterocycles. The number of carbonyl (C=O) groups excluding carboxylic acids is 2. The number of ether oxygens (including phenoxy) is 1. The summed E-state index contributed by atoms with van der Waals surface area (Å²) in [6, 6.07) is 5.35. The summed E-state index contributed by atoms with van der Waals surface area (Å²) < 4.78 is 17.6. The van der Waals surface area contributed by atoms with Gasteiger partial charge in [0, 0.05) is 19.1 Å². The molecule has 0 radical (unpaired) electrons. The molecule has 3 amide bonds. The summed E-state index contributed by atoms with van der Waals surface area (Å²) in [6.45, 7) is 2.90. The number of likely N-dealkylation sites (tertiary alicyclic amines) is 1. The van der Waals surface area contributed by atoms with Crippen molar-refractivity contribution in [2.75, 3.05) is 20.2 Å². The summed E-state index contributed by atoms with van der Waals surface area (Å²) in [5, 5.41) is 5.68. The minimum atomic E-state index is -0.378. The fraction of sp³-hybridized carbons (Fsp3) is 0.500. The molecule has 23 heavy (non-hydrogen) atoms. The summed E-state index contributed by atoms with van der Waals surface area (Å²) in [7, 11) is 1.34. The van der Waals surface area contributed by atoms with Crippen LogP contribution in [0.5, 0.6) is 0 Å². The van der Waals surface area contributed by atoms with Crippen LogP contribution < -0.4 is 10.6 Å². The molecule has 2 atom stereocenters. The average molecular weight is 323 g/mol. The van der Waals surface area contributed by atoms with Gasteiger partial charge in [-0.25, -0.2) is 14.0 Å². The Morgan fingerprint density at radius 2 is 2.04 bits per heavy atom. The molecule has 2 rings (SSSR count). The number of halogens is 1. The number of piperidine rings is 1. The number of rotatable bonds is 3. The topological polar surface area (TPSA) is 70.7 Å². The molecule has 0 spiro atoms. The number of hydrogen-bond donors (Lipinski definition) is 2. The first-order valence-corrected chi connectivity index (χ1v) is 7.65. The van der Waals surface area contributed by atoms with E-state index < -0.39 is 0 Å². The molecule has 126 valence electrons. The number of amides is 3. The molecule has 6 nitrogen and oxygen atoms in total. The highest BCUT2D eigenvalue weighted by Gasteiger charge is 2.25. The van der Waals surface area contributed by atoms with E-state index in [2.05, 4.69) is 10.6 Å². The van der Waals surface area contributed by atoms with Crippen molar-refractivity contribution in [2.24, 2.45) is 0 Å². The molecule has 1 aromatic rings. The quantitative estimate of drug-likeness (QED) is 0.897. The van der Waals surface area contributed by atoms with Gasteiger partial charge >= 0.3 is 12.1 Å². The Labute approximate surface area is 135 Å². The highest BCUT2D eigenvalue weighted by atomic mass is 19.1. The lowest BCUT2D eigenvalue weighted by molar-refractivity contribution is 0.108. The maximum absolute atomic E-state index is 12.9. The Kier molecular flexibility index (Phi) is 5.78. The number of benzene rings is 1. The number of nitrogens with one attached hydrogen (secondary N) is 2. The van der Waals surface area contributed by atoms with Gasteiger partial charge in [-0.2, -0.15) is 0 Å². The van der Waals surface area contributed by atoms with E-state index in [4.69, 9.17) is 4.74 Å². The molecule has 0 aliphatic carbocycles. The van der Waals surface area contributed by atoms with E-state index >= 15 is 0 Å². The molecular weight excluding hydrogens is 301 g/mol. The summed E-state index contributed by atoms with van der Waals surface area (Å²) in [4.78, 5) is 25.2. The molecule has 2 N–H and O–H groups in total. The van der Waals surface area contributed by atoms with E-state index in [0.717, 1.165) is 18.4 Å². The largest absolute Gasteiger partial charge is 0.453 e. The Balaban J connectivity index is 1.84. The van der Waals surface area contributed by atoms with Gasteiger partial charge in [0.2, 0.25) is 0 Å². The Bertz CT molecular complexity index is 550. The van der Waals surface area contributed by atoms with Gasteiger partial charge in [0.1, 0.15) is 5.82 Å². The second-order valence-corrected chi connectivity index (χ2v) is 5.65. The molecule has 1 aromatic carbocycles. The van der Waals surface area contributed by atoms with Crippen LogP contribution in [0.1, 0.15) is 31.4 Å². The SMILES string of the molecule is COC(=O)N1CCC[C@H](NC(=O)N[C@@H](C)c2ccc(F)cc2)C1. The highest BCUT2D eigenvalue weighted by molar-refractivity contribution is 5.75. The lowest BCUT2D eigenvalue weighted by atomic mass is 10.1. The third-order valence-electron chi connectivity index (χ3n) is 3.91. The van der Waals surface area contributed by atoms with Crippen molar-refractivity contribution in [3.8, 4) is 0 Å². The third kappa shape index (κ3) is 4.84. The maximum Gasteiger partial charge on any atom is 0.409 e. The van der Waals surface area contributed by atoms with Crippen LogP contribution in [-0.4, -0.2) is 43.3 Å². The van der Waals surface area contributed by atoms with Crippen LogP contribution in [0.25, 0.3) is 0 Å². The first-order valence-electron chi connectivity index (χ1n) is 7.65. The molecule has 0 aromatic heterocycles. The van der Waals surface area contributed by atoms with Crippen LogP contribution in [0.4, 0.5) is 14.0 Å².